The number of nitrogens with zero attached hydrogens (tertiary/aromatic N) is 6. The lowest BCUT2D eigenvalue weighted by Gasteiger charge is -2.16. The molecule has 2 heterocycles. The smallest absolute Gasteiger partial charge is 0.335 e. The Kier molecular flexibility index (Phi) is 17.9. The Morgan fingerprint density at radius 1 is 0.597 bits per heavy atom. The molecule has 0 saturated heterocycles. The predicted octanol–water partition coefficient (Wildman–Crippen LogP) is 7.95. The van der Waals surface area contributed by atoms with Crippen molar-refractivity contribution in [2.45, 2.75) is 17.2 Å². The number of sulfonamides is 2. The van der Waals surface area contributed by atoms with Crippen molar-refractivity contribution >= 4 is 107 Å². The minimum absolute atomic E-state index is 0. The van der Waals surface area contributed by atoms with Crippen molar-refractivity contribution in [1.29, 1.82) is 0 Å². The lowest BCUT2D eigenvalue weighted by molar-refractivity contribution is 0.0686. The van der Waals surface area contributed by atoms with Crippen LogP contribution in [0.2, 0.25) is 15.3 Å². The molecule has 0 aliphatic carbocycles. The molecule has 0 atom stereocenters. The molecule has 4 aromatic carbocycles. The summed E-state index contributed by atoms with van der Waals surface area (Å²) < 4.78 is 52.0. The Labute approximate surface area is 373 Å². The fourth-order valence-corrected chi connectivity index (χ4v) is 7.13. The lowest BCUT2D eigenvalue weighted by atomic mass is 10.2. The van der Waals surface area contributed by atoms with Crippen LogP contribution in [0.1, 0.15) is 28.1 Å². The van der Waals surface area contributed by atoms with E-state index in [1.54, 1.807) is 60.7 Å². The second-order valence-electron chi connectivity index (χ2n) is 12.5. The van der Waals surface area contributed by atoms with Crippen LogP contribution in [0.4, 0.5) is 40.3 Å². The number of halogens is 3. The number of nitrogens with one attached hydrogen (secondary N) is 3. The maximum atomic E-state index is 12.6. The number of carbonyl (C=O) groups is 2. The van der Waals surface area contributed by atoms with Gasteiger partial charge in [0.1, 0.15) is 19.8 Å². The molecule has 0 unspecified atom stereocenters. The maximum absolute atomic E-state index is 12.6. The van der Waals surface area contributed by atoms with Crippen molar-refractivity contribution in [2.75, 3.05) is 49.9 Å². The first-order chi connectivity index (χ1) is 28.7. The van der Waals surface area contributed by atoms with Gasteiger partial charge in [-0.3, -0.25) is 0 Å². The van der Waals surface area contributed by atoms with Gasteiger partial charge in [0.25, 0.3) is 0 Å². The number of aromatic nitrogens is 4. The number of nitrogen functional groups attached to an aromatic ring is 1. The van der Waals surface area contributed by atoms with Crippen molar-refractivity contribution in [3.8, 4) is 0 Å². The van der Waals surface area contributed by atoms with Gasteiger partial charge in [0.15, 0.2) is 11.6 Å². The molecule has 6 rings (SSSR count). The number of para-hydroxylation sites is 2. The molecule has 23 heteroatoms. The van der Waals surface area contributed by atoms with E-state index in [-0.39, 0.29) is 61.3 Å². The van der Waals surface area contributed by atoms with Crippen LogP contribution in [-0.4, -0.2) is 95.7 Å². The highest BCUT2D eigenvalue weighted by Gasteiger charge is 2.23. The fourth-order valence-electron chi connectivity index (χ4n) is 4.64. The third kappa shape index (κ3) is 13.4. The van der Waals surface area contributed by atoms with Crippen LogP contribution in [0.3, 0.4) is 0 Å². The fraction of sp³-hybridized carbons (Fsp3) is 0.128. The molecule has 0 bridgehead atoms. The number of nitrogens with two attached hydrogens (primary N) is 1. The van der Waals surface area contributed by atoms with Gasteiger partial charge in [0.05, 0.1) is 34.9 Å². The minimum atomic E-state index is -3.69. The van der Waals surface area contributed by atoms with Crippen LogP contribution in [0, 0.1) is 0 Å². The topological polar surface area (TPSA) is 263 Å². The van der Waals surface area contributed by atoms with E-state index in [9.17, 15) is 26.4 Å². The number of rotatable bonds is 12. The molecule has 0 fully saturated rings. The van der Waals surface area contributed by atoms with E-state index < -0.39 is 32.0 Å². The molecule has 6 aromatic rings. The van der Waals surface area contributed by atoms with E-state index in [1.807, 2.05) is 0 Å². The van der Waals surface area contributed by atoms with Gasteiger partial charge in [-0.2, -0.15) is 9.97 Å². The van der Waals surface area contributed by atoms with Crippen molar-refractivity contribution in [1.82, 2.24) is 28.5 Å². The van der Waals surface area contributed by atoms with Gasteiger partial charge in [0, 0.05) is 39.6 Å². The molecule has 0 saturated carbocycles. The zero-order valence-electron chi connectivity index (χ0n) is 32.4. The number of anilines is 7. The van der Waals surface area contributed by atoms with E-state index in [0.717, 1.165) is 8.61 Å². The van der Waals surface area contributed by atoms with Crippen LogP contribution in [0.15, 0.2) is 119 Å². The number of carboxylic acids is 2. The molecular formula is C39H41Cl3N10O8S2. The van der Waals surface area contributed by atoms with Crippen molar-refractivity contribution in [2.24, 2.45) is 0 Å². The SMILES string of the molecule is C.CN(C)S(=O)(=O)c1ccccc1Nc1nc(Cl)ncc1Cl.CN(C)S(=O)(=O)c1ccccc1Nc1nc(Nc2ccc(C(=O)O)cc2)ncc1Cl.Nc1ccc(C(=O)O)cc1. The van der Waals surface area contributed by atoms with Crippen LogP contribution in [-0.2, 0) is 20.0 Å². The van der Waals surface area contributed by atoms with Crippen LogP contribution in [0.25, 0.3) is 0 Å². The quantitative estimate of drug-likeness (QED) is 0.0502. The highest BCUT2D eigenvalue weighted by atomic mass is 35.5. The predicted molar refractivity (Wildman–Crippen MR) is 242 cm³/mol. The van der Waals surface area contributed by atoms with Gasteiger partial charge < -0.3 is 31.9 Å². The van der Waals surface area contributed by atoms with Crippen molar-refractivity contribution < 1.29 is 36.6 Å². The van der Waals surface area contributed by atoms with E-state index in [1.165, 1.54) is 77.0 Å². The number of aromatic carboxylic acids is 2. The molecule has 62 heavy (non-hydrogen) atoms. The average Bonchev–Trinajstić information content (AvgIpc) is 3.21. The maximum Gasteiger partial charge on any atom is 0.335 e. The molecule has 18 nitrogen and oxygen atoms in total. The number of hydrogen-bond acceptors (Lipinski definition) is 14. The molecule has 0 aliphatic heterocycles. The van der Waals surface area contributed by atoms with Crippen LogP contribution >= 0.6 is 34.8 Å². The normalized spacial score (nSPS) is 10.9. The minimum Gasteiger partial charge on any atom is -0.478 e. The molecule has 0 radical (unpaired) electrons. The van der Waals surface area contributed by atoms with Gasteiger partial charge in [-0.05, 0) is 84.4 Å². The number of hydrogen-bond donors (Lipinski definition) is 6. The summed E-state index contributed by atoms with van der Waals surface area (Å²) in [5.41, 5.74) is 7.55. The molecule has 0 spiro atoms. The molecule has 0 amide bonds. The number of benzene rings is 4. The Bertz CT molecular complexity index is 2730. The van der Waals surface area contributed by atoms with E-state index in [4.69, 9.17) is 50.7 Å². The first-order valence-corrected chi connectivity index (χ1v) is 21.2. The Hall–Kier alpha value is -6.13. The van der Waals surface area contributed by atoms with Crippen LogP contribution < -0.4 is 21.7 Å². The molecular weight excluding hydrogens is 907 g/mol. The second-order valence-corrected chi connectivity index (χ2v) is 17.9. The molecule has 7 N–H and O–H groups in total. The Morgan fingerprint density at radius 2 is 1.00 bits per heavy atom. The first-order valence-electron chi connectivity index (χ1n) is 17.2. The number of carboxylic acid groups (broad SMARTS) is 2. The largest absolute Gasteiger partial charge is 0.478 e. The van der Waals surface area contributed by atoms with E-state index >= 15 is 0 Å². The van der Waals surface area contributed by atoms with E-state index in [2.05, 4.69) is 35.9 Å². The highest BCUT2D eigenvalue weighted by Crippen LogP contribution is 2.31. The summed E-state index contributed by atoms with van der Waals surface area (Å²) >= 11 is 17.9. The highest BCUT2D eigenvalue weighted by molar-refractivity contribution is 7.89. The lowest BCUT2D eigenvalue weighted by Crippen LogP contribution is -2.23. The summed E-state index contributed by atoms with van der Waals surface area (Å²) in [5, 5.41) is 26.6. The molecule has 0 aliphatic rings. The van der Waals surface area contributed by atoms with Gasteiger partial charge in [-0.25, -0.2) is 45.0 Å². The third-order valence-electron chi connectivity index (χ3n) is 7.80. The van der Waals surface area contributed by atoms with Gasteiger partial charge >= 0.3 is 11.9 Å². The van der Waals surface area contributed by atoms with Crippen molar-refractivity contribution in [3.63, 3.8) is 0 Å². The van der Waals surface area contributed by atoms with Crippen molar-refractivity contribution in [3.05, 3.63) is 136 Å². The first kappa shape index (κ1) is 50.2. The van der Waals surface area contributed by atoms with Crippen LogP contribution in [0.5, 0.6) is 0 Å². The van der Waals surface area contributed by atoms with E-state index in [0.29, 0.717) is 22.7 Å². The Morgan fingerprint density at radius 3 is 1.44 bits per heavy atom. The molecule has 2 aromatic heterocycles. The summed E-state index contributed by atoms with van der Waals surface area (Å²) in [6, 6.07) is 24.9. The van der Waals surface area contributed by atoms with Gasteiger partial charge in [0.2, 0.25) is 31.3 Å². The monoisotopic (exact) mass is 946 g/mol. The third-order valence-corrected chi connectivity index (χ3v) is 12.3. The summed E-state index contributed by atoms with van der Waals surface area (Å²) in [7, 11) is -1.48. The van der Waals surface area contributed by atoms with Gasteiger partial charge in [-0.1, -0.05) is 54.9 Å². The van der Waals surface area contributed by atoms with Gasteiger partial charge in [-0.15, -0.1) is 0 Å². The standard InChI is InChI=1S/C19H18ClN5O4S.C12H12Cl2N4O2S.C7H7NO2.CH4/c1-25(2)30(28,29)16-6-4-3-5-15(16)23-17-14(20)11-21-19(24-17)22-13-9-7-12(8-10-13)18(26)27;1-18(2)21(19,20)10-6-4-3-5-9(10)16-11-8(13)7-15-12(14)17-11;8-6-3-1-5(2-4-6)7(9)10;/h3-11H,1-2H3,(H,26,27)(H2,21,22,23,24);3-7H,1-2H3,(H,15,16,17);1-4H,8H2,(H,9,10);1H4. The zero-order chi connectivity index (χ0) is 45.1. The average molecular weight is 948 g/mol. The second kappa shape index (κ2) is 22.1. The zero-order valence-corrected chi connectivity index (χ0v) is 36.3. The summed E-state index contributed by atoms with van der Waals surface area (Å²) in [4.78, 5) is 37.5. The summed E-state index contributed by atoms with van der Waals surface area (Å²) in [5.74, 6) is -1.32. The Balaban J connectivity index is 0.000000277. The summed E-state index contributed by atoms with van der Waals surface area (Å²) in [6.07, 6.45) is 2.70. The molecule has 328 valence electrons. The summed E-state index contributed by atoms with van der Waals surface area (Å²) in [6.45, 7) is 0.